The first kappa shape index (κ1) is 16.3. The number of para-hydroxylation sites is 1. The van der Waals surface area contributed by atoms with Crippen molar-refractivity contribution in [2.45, 2.75) is 57.6 Å². The van der Waals surface area contributed by atoms with Crippen molar-refractivity contribution in [2.24, 2.45) is 5.92 Å². The molecule has 1 fully saturated rings. The second kappa shape index (κ2) is 7.28. The molecule has 0 aromatic heterocycles. The molecule has 2 rings (SSSR count). The Morgan fingerprint density at radius 1 is 1.33 bits per heavy atom. The lowest BCUT2D eigenvalue weighted by atomic mass is 9.77. The third-order valence-corrected chi connectivity index (χ3v) is 4.96. The van der Waals surface area contributed by atoms with E-state index in [9.17, 15) is 5.11 Å². The van der Waals surface area contributed by atoms with Crippen LogP contribution in [-0.4, -0.2) is 24.4 Å². The molecular formula is C18H29NO2. The van der Waals surface area contributed by atoms with Gasteiger partial charge in [0.1, 0.15) is 5.75 Å². The van der Waals surface area contributed by atoms with Crippen molar-refractivity contribution in [3.8, 4) is 5.75 Å². The highest BCUT2D eigenvalue weighted by Gasteiger charge is 2.32. The van der Waals surface area contributed by atoms with Crippen molar-refractivity contribution in [1.82, 2.24) is 5.32 Å². The molecule has 21 heavy (non-hydrogen) atoms. The van der Waals surface area contributed by atoms with Crippen LogP contribution in [0.15, 0.2) is 24.3 Å². The molecular weight excluding hydrogens is 262 g/mol. The summed E-state index contributed by atoms with van der Waals surface area (Å²) in [6.07, 6.45) is 5.37. The lowest BCUT2D eigenvalue weighted by Crippen LogP contribution is -2.44. The van der Waals surface area contributed by atoms with Gasteiger partial charge in [0.15, 0.2) is 0 Å². The SMILES string of the molecule is CCC1CCC(O)(CNC(C)c2ccccc2OC)CC1. The first-order valence-electron chi connectivity index (χ1n) is 8.16. The number of methoxy groups -OCH3 is 1. The molecule has 118 valence electrons. The molecule has 0 amide bonds. The van der Waals surface area contributed by atoms with Crippen LogP contribution in [0.4, 0.5) is 0 Å². The van der Waals surface area contributed by atoms with Gasteiger partial charge >= 0.3 is 0 Å². The molecule has 0 radical (unpaired) electrons. The highest BCUT2D eigenvalue weighted by molar-refractivity contribution is 5.35. The molecule has 1 aromatic carbocycles. The van der Waals surface area contributed by atoms with Gasteiger partial charge in [0.05, 0.1) is 12.7 Å². The maximum absolute atomic E-state index is 10.7. The third kappa shape index (κ3) is 4.21. The zero-order valence-corrected chi connectivity index (χ0v) is 13.6. The number of aliphatic hydroxyl groups is 1. The predicted molar refractivity (Wildman–Crippen MR) is 86.6 cm³/mol. The predicted octanol–water partition coefficient (Wildman–Crippen LogP) is 3.68. The summed E-state index contributed by atoms with van der Waals surface area (Å²) in [6.45, 7) is 5.03. The molecule has 1 unspecified atom stereocenters. The van der Waals surface area contributed by atoms with Gasteiger partial charge in [0.25, 0.3) is 0 Å². The zero-order valence-electron chi connectivity index (χ0n) is 13.6. The summed E-state index contributed by atoms with van der Waals surface area (Å²) in [4.78, 5) is 0. The number of benzene rings is 1. The lowest BCUT2D eigenvalue weighted by Gasteiger charge is -2.36. The normalized spacial score (nSPS) is 27.3. The van der Waals surface area contributed by atoms with Gasteiger partial charge in [-0.15, -0.1) is 0 Å². The van der Waals surface area contributed by atoms with Gasteiger partial charge in [-0.05, 0) is 44.6 Å². The molecule has 1 saturated carbocycles. The zero-order chi connectivity index (χ0) is 15.3. The van der Waals surface area contributed by atoms with Crippen LogP contribution in [0.2, 0.25) is 0 Å². The molecule has 3 nitrogen and oxygen atoms in total. The third-order valence-electron chi connectivity index (χ3n) is 4.96. The molecule has 2 N–H and O–H groups in total. The van der Waals surface area contributed by atoms with E-state index in [2.05, 4.69) is 25.2 Å². The molecule has 0 spiro atoms. The average molecular weight is 291 g/mol. The van der Waals surface area contributed by atoms with Gasteiger partial charge < -0.3 is 15.2 Å². The lowest BCUT2D eigenvalue weighted by molar-refractivity contribution is -0.0104. The monoisotopic (exact) mass is 291 g/mol. The van der Waals surface area contributed by atoms with Crippen molar-refractivity contribution in [3.05, 3.63) is 29.8 Å². The van der Waals surface area contributed by atoms with Crippen molar-refractivity contribution < 1.29 is 9.84 Å². The van der Waals surface area contributed by atoms with E-state index in [-0.39, 0.29) is 6.04 Å². The molecule has 0 aliphatic heterocycles. The van der Waals surface area contributed by atoms with Gasteiger partial charge in [0.2, 0.25) is 0 Å². The van der Waals surface area contributed by atoms with E-state index in [0.717, 1.165) is 42.9 Å². The summed E-state index contributed by atoms with van der Waals surface area (Å²) in [5.74, 6) is 1.70. The van der Waals surface area contributed by atoms with Gasteiger partial charge in [0, 0.05) is 18.2 Å². The summed E-state index contributed by atoms with van der Waals surface area (Å²) < 4.78 is 5.41. The number of nitrogens with one attached hydrogen (secondary N) is 1. The minimum Gasteiger partial charge on any atom is -0.496 e. The number of rotatable bonds is 6. The molecule has 1 aromatic rings. The van der Waals surface area contributed by atoms with Gasteiger partial charge in [-0.25, -0.2) is 0 Å². The van der Waals surface area contributed by atoms with Crippen LogP contribution < -0.4 is 10.1 Å². The second-order valence-electron chi connectivity index (χ2n) is 6.42. The van der Waals surface area contributed by atoms with Crippen LogP contribution in [0.1, 0.15) is 57.6 Å². The van der Waals surface area contributed by atoms with E-state index in [1.54, 1.807) is 7.11 Å². The Kier molecular flexibility index (Phi) is 5.65. The van der Waals surface area contributed by atoms with Crippen molar-refractivity contribution in [3.63, 3.8) is 0 Å². The van der Waals surface area contributed by atoms with Crippen molar-refractivity contribution in [2.75, 3.05) is 13.7 Å². The summed E-state index contributed by atoms with van der Waals surface area (Å²) in [5, 5.41) is 14.2. The van der Waals surface area contributed by atoms with E-state index >= 15 is 0 Å². The molecule has 1 atom stereocenters. The fourth-order valence-electron chi connectivity index (χ4n) is 3.28. The Morgan fingerprint density at radius 3 is 2.62 bits per heavy atom. The Balaban J connectivity index is 1.90. The maximum atomic E-state index is 10.7. The standard InChI is InChI=1S/C18H29NO2/c1-4-15-9-11-18(20,12-10-15)13-19-14(2)16-7-5-6-8-17(16)21-3/h5-8,14-15,19-20H,4,9-13H2,1-3H3. The molecule has 3 heteroatoms. The molecule has 1 aliphatic carbocycles. The first-order chi connectivity index (χ1) is 10.1. The Morgan fingerprint density at radius 2 is 2.00 bits per heavy atom. The fourth-order valence-corrected chi connectivity index (χ4v) is 3.28. The highest BCUT2D eigenvalue weighted by atomic mass is 16.5. The summed E-state index contributed by atoms with van der Waals surface area (Å²) in [7, 11) is 1.70. The largest absolute Gasteiger partial charge is 0.496 e. The topological polar surface area (TPSA) is 41.5 Å². The Labute approximate surface area is 128 Å². The van der Waals surface area contributed by atoms with E-state index in [0.29, 0.717) is 6.54 Å². The van der Waals surface area contributed by atoms with E-state index in [1.165, 1.54) is 6.42 Å². The fraction of sp³-hybridized carbons (Fsp3) is 0.667. The Hall–Kier alpha value is -1.06. The van der Waals surface area contributed by atoms with E-state index < -0.39 is 5.60 Å². The number of hydrogen-bond donors (Lipinski definition) is 2. The maximum Gasteiger partial charge on any atom is 0.123 e. The van der Waals surface area contributed by atoms with Crippen molar-refractivity contribution >= 4 is 0 Å². The summed E-state index contributed by atoms with van der Waals surface area (Å²) >= 11 is 0. The average Bonchev–Trinajstić information content (AvgIpc) is 2.53. The summed E-state index contributed by atoms with van der Waals surface area (Å²) in [5.41, 5.74) is 0.605. The minimum atomic E-state index is -0.540. The van der Waals surface area contributed by atoms with E-state index in [1.807, 2.05) is 18.2 Å². The molecule has 0 saturated heterocycles. The van der Waals surface area contributed by atoms with Gasteiger partial charge in [-0.3, -0.25) is 0 Å². The van der Waals surface area contributed by atoms with Crippen LogP contribution in [0.3, 0.4) is 0 Å². The number of ether oxygens (including phenoxy) is 1. The van der Waals surface area contributed by atoms with Crippen LogP contribution >= 0.6 is 0 Å². The van der Waals surface area contributed by atoms with Crippen LogP contribution in [0, 0.1) is 5.92 Å². The Bertz CT molecular complexity index is 439. The highest BCUT2D eigenvalue weighted by Crippen LogP contribution is 2.34. The van der Waals surface area contributed by atoms with Gasteiger partial charge in [-0.2, -0.15) is 0 Å². The molecule has 1 aliphatic rings. The van der Waals surface area contributed by atoms with E-state index in [4.69, 9.17) is 4.74 Å². The second-order valence-corrected chi connectivity index (χ2v) is 6.42. The van der Waals surface area contributed by atoms with Crippen molar-refractivity contribution in [1.29, 1.82) is 0 Å². The minimum absolute atomic E-state index is 0.175. The molecule has 0 heterocycles. The van der Waals surface area contributed by atoms with Gasteiger partial charge in [-0.1, -0.05) is 31.5 Å². The number of hydrogen-bond acceptors (Lipinski definition) is 3. The quantitative estimate of drug-likeness (QED) is 0.840. The van der Waals surface area contributed by atoms with Crippen LogP contribution in [-0.2, 0) is 0 Å². The summed E-state index contributed by atoms with van der Waals surface area (Å²) in [6, 6.07) is 8.24. The smallest absolute Gasteiger partial charge is 0.123 e. The molecule has 0 bridgehead atoms. The van der Waals surface area contributed by atoms with Crippen LogP contribution in [0.25, 0.3) is 0 Å². The first-order valence-corrected chi connectivity index (χ1v) is 8.16. The van der Waals surface area contributed by atoms with Crippen LogP contribution in [0.5, 0.6) is 5.75 Å².